The van der Waals surface area contributed by atoms with E-state index in [1.165, 1.54) is 12.1 Å². The predicted molar refractivity (Wildman–Crippen MR) is 112 cm³/mol. The number of H-pyrrole nitrogens is 1. The SMILES string of the molecule is Cc1cc(C)c2[nH]c(=O)c(C(=O)N3CCN(C)C(c4ccc(F)cc4)C3)cc2c1. The Labute approximate surface area is 168 Å². The molecule has 0 aliphatic carbocycles. The highest BCUT2D eigenvalue weighted by Gasteiger charge is 2.30. The lowest BCUT2D eigenvalue weighted by molar-refractivity contribution is 0.0544. The Morgan fingerprint density at radius 3 is 2.55 bits per heavy atom. The zero-order chi connectivity index (χ0) is 20.7. The second-order valence-electron chi connectivity index (χ2n) is 7.86. The van der Waals surface area contributed by atoms with Crippen molar-refractivity contribution < 1.29 is 9.18 Å². The van der Waals surface area contributed by atoms with Crippen molar-refractivity contribution in [1.29, 1.82) is 0 Å². The Morgan fingerprint density at radius 1 is 1.10 bits per heavy atom. The molecule has 5 nitrogen and oxygen atoms in total. The van der Waals surface area contributed by atoms with Crippen molar-refractivity contribution in [3.8, 4) is 0 Å². The highest BCUT2D eigenvalue weighted by molar-refractivity contribution is 5.97. The normalized spacial score (nSPS) is 17.7. The number of halogens is 1. The maximum Gasteiger partial charge on any atom is 0.261 e. The van der Waals surface area contributed by atoms with Gasteiger partial charge in [0.25, 0.3) is 11.5 Å². The van der Waals surface area contributed by atoms with E-state index in [9.17, 15) is 14.0 Å². The van der Waals surface area contributed by atoms with Crippen LogP contribution in [0.4, 0.5) is 4.39 Å². The number of hydrogen-bond donors (Lipinski definition) is 1. The second kappa shape index (κ2) is 7.44. The minimum atomic E-state index is -0.369. The van der Waals surface area contributed by atoms with Gasteiger partial charge in [0, 0.05) is 19.6 Å². The van der Waals surface area contributed by atoms with Gasteiger partial charge in [0.1, 0.15) is 11.4 Å². The zero-order valence-electron chi connectivity index (χ0n) is 16.8. The molecule has 0 radical (unpaired) electrons. The number of rotatable bonds is 2. The van der Waals surface area contributed by atoms with Gasteiger partial charge in [0.2, 0.25) is 0 Å². The van der Waals surface area contributed by atoms with Crippen molar-refractivity contribution in [2.75, 3.05) is 26.7 Å². The lowest BCUT2D eigenvalue weighted by atomic mass is 10.0. The summed E-state index contributed by atoms with van der Waals surface area (Å²) in [6.07, 6.45) is 0. The van der Waals surface area contributed by atoms with Crippen molar-refractivity contribution in [2.45, 2.75) is 19.9 Å². The van der Waals surface area contributed by atoms with Crippen LogP contribution in [0.15, 0.2) is 47.3 Å². The fraction of sp³-hybridized carbons (Fsp3) is 0.304. The molecular formula is C23H24FN3O2. The Morgan fingerprint density at radius 2 is 1.83 bits per heavy atom. The minimum Gasteiger partial charge on any atom is -0.335 e. The monoisotopic (exact) mass is 393 g/mol. The number of aryl methyl sites for hydroxylation is 2. The van der Waals surface area contributed by atoms with Crippen LogP contribution < -0.4 is 5.56 Å². The molecule has 0 spiro atoms. The number of benzene rings is 2. The van der Waals surface area contributed by atoms with E-state index >= 15 is 0 Å². The van der Waals surface area contributed by atoms with Gasteiger partial charge in [-0.2, -0.15) is 0 Å². The molecular weight excluding hydrogens is 369 g/mol. The summed E-state index contributed by atoms with van der Waals surface area (Å²) in [6, 6.07) is 12.0. The Balaban J connectivity index is 1.66. The first-order chi connectivity index (χ1) is 13.8. The first-order valence-electron chi connectivity index (χ1n) is 9.73. The summed E-state index contributed by atoms with van der Waals surface area (Å²) in [4.78, 5) is 32.6. The van der Waals surface area contributed by atoms with Crippen LogP contribution >= 0.6 is 0 Å². The van der Waals surface area contributed by atoms with Gasteiger partial charge in [-0.1, -0.05) is 23.8 Å². The molecule has 3 aromatic rings. The number of nitrogens with zero attached hydrogens (tertiary/aromatic N) is 2. The molecule has 1 N–H and O–H groups in total. The fourth-order valence-electron chi connectivity index (χ4n) is 4.12. The van der Waals surface area contributed by atoms with Gasteiger partial charge in [-0.3, -0.25) is 14.5 Å². The van der Waals surface area contributed by atoms with Crippen molar-refractivity contribution >= 4 is 16.8 Å². The van der Waals surface area contributed by atoms with Crippen LogP contribution in [-0.4, -0.2) is 47.4 Å². The molecule has 1 fully saturated rings. The average Bonchev–Trinajstić information content (AvgIpc) is 2.69. The molecule has 6 heteroatoms. The number of fused-ring (bicyclic) bond motifs is 1. The second-order valence-corrected chi connectivity index (χ2v) is 7.86. The molecule has 1 aromatic heterocycles. The van der Waals surface area contributed by atoms with Gasteiger partial charge < -0.3 is 9.88 Å². The summed E-state index contributed by atoms with van der Waals surface area (Å²) in [5, 5.41) is 0.856. The number of carbonyl (C=O) groups is 1. The zero-order valence-corrected chi connectivity index (χ0v) is 16.8. The molecule has 1 amide bonds. The molecule has 2 heterocycles. The number of aromatic amines is 1. The third-order valence-electron chi connectivity index (χ3n) is 5.71. The number of likely N-dealkylation sites (N-methyl/N-ethyl adjacent to an activating group) is 1. The van der Waals surface area contributed by atoms with E-state index in [2.05, 4.69) is 9.88 Å². The van der Waals surface area contributed by atoms with Gasteiger partial charge in [0.05, 0.1) is 11.6 Å². The van der Waals surface area contributed by atoms with E-state index in [1.807, 2.05) is 33.0 Å². The maximum absolute atomic E-state index is 13.3. The van der Waals surface area contributed by atoms with E-state index in [-0.39, 0.29) is 28.9 Å². The molecule has 1 saturated heterocycles. The van der Waals surface area contributed by atoms with E-state index in [0.717, 1.165) is 27.6 Å². The standard InChI is InChI=1S/C23H24FN3O2/c1-14-10-15(2)21-17(11-14)12-19(22(28)25-21)23(29)27-9-8-26(3)20(13-27)16-4-6-18(24)7-5-16/h4-7,10-12,20H,8-9,13H2,1-3H3,(H,25,28). The van der Waals surface area contributed by atoms with Gasteiger partial charge in [-0.05, 0) is 61.7 Å². The van der Waals surface area contributed by atoms with Crippen LogP contribution in [0, 0.1) is 19.7 Å². The number of amides is 1. The molecule has 0 saturated carbocycles. The lowest BCUT2D eigenvalue weighted by Crippen LogP contribution is -2.49. The average molecular weight is 393 g/mol. The molecule has 1 aliphatic heterocycles. The number of piperazine rings is 1. The lowest BCUT2D eigenvalue weighted by Gasteiger charge is -2.39. The highest BCUT2D eigenvalue weighted by atomic mass is 19.1. The Hall–Kier alpha value is -2.99. The molecule has 0 bridgehead atoms. The van der Waals surface area contributed by atoms with Crippen molar-refractivity contribution in [2.24, 2.45) is 0 Å². The number of nitrogens with one attached hydrogen (secondary N) is 1. The van der Waals surface area contributed by atoms with Crippen LogP contribution in [-0.2, 0) is 0 Å². The molecule has 1 atom stereocenters. The quantitative estimate of drug-likeness (QED) is 0.726. The van der Waals surface area contributed by atoms with Crippen LogP contribution in [0.25, 0.3) is 10.9 Å². The third kappa shape index (κ3) is 3.68. The van der Waals surface area contributed by atoms with Gasteiger partial charge in [-0.15, -0.1) is 0 Å². The smallest absolute Gasteiger partial charge is 0.261 e. The van der Waals surface area contributed by atoms with E-state index in [4.69, 9.17) is 0 Å². The molecule has 2 aromatic carbocycles. The molecule has 150 valence electrons. The van der Waals surface area contributed by atoms with Crippen molar-refractivity contribution in [3.63, 3.8) is 0 Å². The minimum absolute atomic E-state index is 0.0441. The number of aromatic nitrogens is 1. The van der Waals surface area contributed by atoms with Gasteiger partial charge in [0.15, 0.2) is 0 Å². The van der Waals surface area contributed by atoms with Gasteiger partial charge in [-0.25, -0.2) is 4.39 Å². The maximum atomic E-state index is 13.3. The number of hydrogen-bond acceptors (Lipinski definition) is 3. The summed E-state index contributed by atoms with van der Waals surface area (Å²) in [5.74, 6) is -0.555. The van der Waals surface area contributed by atoms with Crippen LogP contribution in [0.3, 0.4) is 0 Å². The van der Waals surface area contributed by atoms with Gasteiger partial charge >= 0.3 is 0 Å². The Kier molecular flexibility index (Phi) is 4.96. The summed E-state index contributed by atoms with van der Waals surface area (Å²) < 4.78 is 13.3. The van der Waals surface area contributed by atoms with Crippen molar-refractivity contribution in [1.82, 2.24) is 14.8 Å². The fourth-order valence-corrected chi connectivity index (χ4v) is 4.12. The van der Waals surface area contributed by atoms with E-state index in [0.29, 0.717) is 19.6 Å². The molecule has 1 aliphatic rings. The van der Waals surface area contributed by atoms with E-state index < -0.39 is 0 Å². The topological polar surface area (TPSA) is 56.4 Å². The summed E-state index contributed by atoms with van der Waals surface area (Å²) >= 11 is 0. The summed E-state index contributed by atoms with van der Waals surface area (Å²) in [7, 11) is 1.99. The third-order valence-corrected chi connectivity index (χ3v) is 5.71. The number of pyridine rings is 1. The number of carbonyl (C=O) groups excluding carboxylic acids is 1. The van der Waals surface area contributed by atoms with Crippen LogP contribution in [0.1, 0.15) is 33.1 Å². The largest absolute Gasteiger partial charge is 0.335 e. The highest BCUT2D eigenvalue weighted by Crippen LogP contribution is 2.25. The Bertz CT molecular complexity index is 1140. The first kappa shape index (κ1) is 19.3. The predicted octanol–water partition coefficient (Wildman–Crippen LogP) is 3.41. The van der Waals surface area contributed by atoms with Crippen LogP contribution in [0.5, 0.6) is 0 Å². The van der Waals surface area contributed by atoms with Crippen molar-refractivity contribution in [3.05, 3.63) is 80.9 Å². The molecule has 29 heavy (non-hydrogen) atoms. The summed E-state index contributed by atoms with van der Waals surface area (Å²) in [6.45, 7) is 5.60. The van der Waals surface area contributed by atoms with Crippen LogP contribution in [0.2, 0.25) is 0 Å². The molecule has 4 rings (SSSR count). The first-order valence-corrected chi connectivity index (χ1v) is 9.73. The van der Waals surface area contributed by atoms with E-state index in [1.54, 1.807) is 23.1 Å². The molecule has 1 unspecified atom stereocenters. The summed E-state index contributed by atoms with van der Waals surface area (Å²) in [5.41, 5.74) is 3.56.